The fourth-order valence-electron chi connectivity index (χ4n) is 1.86. The van der Waals surface area contributed by atoms with Crippen molar-refractivity contribution in [2.24, 2.45) is 4.99 Å². The summed E-state index contributed by atoms with van der Waals surface area (Å²) in [6, 6.07) is 9.80. The zero-order chi connectivity index (χ0) is 16.8. The average molecular weight is 323 g/mol. The van der Waals surface area contributed by atoms with Gasteiger partial charge in [0, 0.05) is 27.3 Å². The standard InChI is InChI=1S/C17H29N3O3/c1-15(23-16-8-5-4-6-9-16)14-20-17(18-2)19-10-7-11-22-13-12-21-3/h4-6,8-9,15H,7,10-14H2,1-3H3,(H2,18,19,20). The Bertz CT molecular complexity index is 426. The maximum absolute atomic E-state index is 5.81. The van der Waals surface area contributed by atoms with Gasteiger partial charge in [-0.25, -0.2) is 0 Å². The zero-order valence-corrected chi connectivity index (χ0v) is 14.4. The van der Waals surface area contributed by atoms with Gasteiger partial charge in [-0.2, -0.15) is 0 Å². The number of hydrogen-bond donors (Lipinski definition) is 2. The number of methoxy groups -OCH3 is 1. The van der Waals surface area contributed by atoms with Crippen molar-refractivity contribution in [3.63, 3.8) is 0 Å². The molecule has 0 bridgehead atoms. The molecule has 1 atom stereocenters. The summed E-state index contributed by atoms with van der Waals surface area (Å²) in [5, 5.41) is 6.51. The molecule has 23 heavy (non-hydrogen) atoms. The average Bonchev–Trinajstić information content (AvgIpc) is 2.57. The molecular weight excluding hydrogens is 294 g/mol. The molecule has 0 fully saturated rings. The van der Waals surface area contributed by atoms with Crippen LogP contribution in [0.2, 0.25) is 0 Å². The second kappa shape index (κ2) is 12.7. The van der Waals surface area contributed by atoms with Crippen LogP contribution in [0.25, 0.3) is 0 Å². The fraction of sp³-hybridized carbons (Fsp3) is 0.588. The van der Waals surface area contributed by atoms with Gasteiger partial charge in [-0.05, 0) is 25.5 Å². The number of nitrogens with zero attached hydrogens (tertiary/aromatic N) is 1. The van der Waals surface area contributed by atoms with Gasteiger partial charge in [0.1, 0.15) is 11.9 Å². The summed E-state index contributed by atoms with van der Waals surface area (Å²) in [6.07, 6.45) is 0.967. The molecule has 1 aromatic carbocycles. The summed E-state index contributed by atoms with van der Waals surface area (Å²) >= 11 is 0. The molecule has 1 rings (SSSR count). The predicted molar refractivity (Wildman–Crippen MR) is 93.2 cm³/mol. The van der Waals surface area contributed by atoms with E-state index in [-0.39, 0.29) is 6.10 Å². The lowest BCUT2D eigenvalue weighted by molar-refractivity contribution is 0.0698. The lowest BCUT2D eigenvalue weighted by Gasteiger charge is -2.17. The third kappa shape index (κ3) is 9.76. The Balaban J connectivity index is 2.11. The highest BCUT2D eigenvalue weighted by Gasteiger charge is 2.05. The Labute approximate surface area is 139 Å². The van der Waals surface area contributed by atoms with Crippen LogP contribution in [0.4, 0.5) is 0 Å². The minimum absolute atomic E-state index is 0.0494. The highest BCUT2D eigenvalue weighted by Crippen LogP contribution is 2.10. The van der Waals surface area contributed by atoms with Crippen LogP contribution in [-0.2, 0) is 9.47 Å². The number of nitrogens with one attached hydrogen (secondary N) is 2. The number of benzene rings is 1. The summed E-state index contributed by atoms with van der Waals surface area (Å²) in [5.74, 6) is 1.64. The van der Waals surface area contributed by atoms with Crippen molar-refractivity contribution in [3.05, 3.63) is 30.3 Å². The zero-order valence-electron chi connectivity index (χ0n) is 14.4. The first-order valence-corrected chi connectivity index (χ1v) is 7.99. The molecule has 2 N–H and O–H groups in total. The van der Waals surface area contributed by atoms with Crippen LogP contribution in [0.1, 0.15) is 13.3 Å². The quantitative estimate of drug-likeness (QED) is 0.368. The third-order valence-electron chi connectivity index (χ3n) is 3.05. The molecule has 0 aromatic heterocycles. The number of guanidine groups is 1. The van der Waals surface area contributed by atoms with Gasteiger partial charge in [0.25, 0.3) is 0 Å². The first kappa shape index (κ1) is 19.3. The number of aliphatic imine (C=N–C) groups is 1. The maximum Gasteiger partial charge on any atom is 0.191 e. The molecule has 0 heterocycles. The maximum atomic E-state index is 5.81. The molecule has 6 heteroatoms. The van der Waals surface area contributed by atoms with Crippen LogP contribution in [0.3, 0.4) is 0 Å². The minimum Gasteiger partial charge on any atom is -0.489 e. The van der Waals surface area contributed by atoms with Crippen LogP contribution in [0, 0.1) is 0 Å². The van der Waals surface area contributed by atoms with Gasteiger partial charge in [0.15, 0.2) is 5.96 Å². The van der Waals surface area contributed by atoms with Gasteiger partial charge in [-0.3, -0.25) is 4.99 Å². The van der Waals surface area contributed by atoms with Crippen molar-refractivity contribution in [2.75, 3.05) is 47.1 Å². The Hall–Kier alpha value is -1.79. The second-order valence-corrected chi connectivity index (χ2v) is 5.08. The van der Waals surface area contributed by atoms with E-state index in [0.29, 0.717) is 26.4 Å². The van der Waals surface area contributed by atoms with Gasteiger partial charge < -0.3 is 24.8 Å². The van der Waals surface area contributed by atoms with E-state index in [9.17, 15) is 0 Å². The summed E-state index contributed by atoms with van der Waals surface area (Å²) in [7, 11) is 3.43. The molecule has 6 nitrogen and oxygen atoms in total. The van der Waals surface area contributed by atoms with Crippen LogP contribution in [0.15, 0.2) is 35.3 Å². The number of rotatable bonds is 11. The summed E-state index contributed by atoms with van der Waals surface area (Å²) in [5.41, 5.74) is 0. The normalized spacial score (nSPS) is 12.7. The van der Waals surface area contributed by atoms with Gasteiger partial charge in [0.2, 0.25) is 0 Å². The molecule has 0 aliphatic carbocycles. The first-order valence-electron chi connectivity index (χ1n) is 7.99. The summed E-state index contributed by atoms with van der Waals surface area (Å²) < 4.78 is 16.1. The van der Waals surface area contributed by atoms with Crippen molar-refractivity contribution in [3.8, 4) is 5.75 Å². The molecule has 0 saturated carbocycles. The molecule has 1 unspecified atom stereocenters. The lowest BCUT2D eigenvalue weighted by Crippen LogP contribution is -2.42. The van der Waals surface area contributed by atoms with Crippen molar-refractivity contribution in [2.45, 2.75) is 19.4 Å². The molecule has 130 valence electrons. The van der Waals surface area contributed by atoms with Gasteiger partial charge >= 0.3 is 0 Å². The topological polar surface area (TPSA) is 64.1 Å². The van der Waals surface area contributed by atoms with E-state index in [1.54, 1.807) is 14.2 Å². The van der Waals surface area contributed by atoms with E-state index in [2.05, 4.69) is 15.6 Å². The molecule has 0 saturated heterocycles. The minimum atomic E-state index is 0.0494. The second-order valence-electron chi connectivity index (χ2n) is 5.08. The van der Waals surface area contributed by atoms with E-state index in [1.165, 1.54) is 0 Å². The van der Waals surface area contributed by atoms with E-state index in [1.807, 2.05) is 37.3 Å². The van der Waals surface area contributed by atoms with E-state index in [4.69, 9.17) is 14.2 Å². The van der Waals surface area contributed by atoms with Crippen molar-refractivity contribution < 1.29 is 14.2 Å². The fourth-order valence-corrected chi connectivity index (χ4v) is 1.86. The van der Waals surface area contributed by atoms with Crippen molar-refractivity contribution in [1.82, 2.24) is 10.6 Å². The van der Waals surface area contributed by atoms with E-state index >= 15 is 0 Å². The van der Waals surface area contributed by atoms with Crippen molar-refractivity contribution >= 4 is 5.96 Å². The molecule has 0 spiro atoms. The molecule has 0 aliphatic rings. The summed E-state index contributed by atoms with van der Waals surface area (Å²) in [4.78, 5) is 4.19. The van der Waals surface area contributed by atoms with Crippen molar-refractivity contribution in [1.29, 1.82) is 0 Å². The van der Waals surface area contributed by atoms with Crippen LogP contribution in [0.5, 0.6) is 5.75 Å². The highest BCUT2D eigenvalue weighted by molar-refractivity contribution is 5.79. The molecule has 1 aromatic rings. The number of para-hydroxylation sites is 1. The first-order chi connectivity index (χ1) is 11.3. The number of ether oxygens (including phenoxy) is 3. The molecule has 0 amide bonds. The van der Waals surface area contributed by atoms with E-state index < -0.39 is 0 Å². The third-order valence-corrected chi connectivity index (χ3v) is 3.05. The lowest BCUT2D eigenvalue weighted by atomic mass is 10.3. The van der Waals surface area contributed by atoms with Gasteiger partial charge in [-0.15, -0.1) is 0 Å². The Kier molecular flexibility index (Phi) is 10.7. The van der Waals surface area contributed by atoms with E-state index in [0.717, 1.165) is 24.7 Å². The Morgan fingerprint density at radius 3 is 2.61 bits per heavy atom. The predicted octanol–water partition coefficient (Wildman–Crippen LogP) is 1.67. The van der Waals surface area contributed by atoms with Gasteiger partial charge in [0.05, 0.1) is 19.8 Å². The largest absolute Gasteiger partial charge is 0.489 e. The smallest absolute Gasteiger partial charge is 0.191 e. The van der Waals surface area contributed by atoms with Crippen LogP contribution in [-0.4, -0.2) is 59.1 Å². The Morgan fingerprint density at radius 2 is 1.91 bits per heavy atom. The monoisotopic (exact) mass is 323 g/mol. The number of hydrogen-bond acceptors (Lipinski definition) is 4. The molecule has 0 radical (unpaired) electrons. The summed E-state index contributed by atoms with van der Waals surface area (Å²) in [6.45, 7) is 5.49. The SMILES string of the molecule is CN=C(NCCCOCCOC)NCC(C)Oc1ccccc1. The Morgan fingerprint density at radius 1 is 1.13 bits per heavy atom. The van der Waals surface area contributed by atoms with Crippen LogP contribution < -0.4 is 15.4 Å². The molecular formula is C17H29N3O3. The highest BCUT2D eigenvalue weighted by atomic mass is 16.5. The van der Waals surface area contributed by atoms with Gasteiger partial charge in [-0.1, -0.05) is 18.2 Å². The van der Waals surface area contributed by atoms with Crippen LogP contribution >= 0.6 is 0 Å². The molecule has 0 aliphatic heterocycles.